The van der Waals surface area contributed by atoms with E-state index in [9.17, 15) is 14.4 Å². The number of benzene rings is 1. The Morgan fingerprint density at radius 1 is 1.12 bits per heavy atom. The molecule has 0 aromatic heterocycles. The third kappa shape index (κ3) is 3.06. The van der Waals surface area contributed by atoms with Crippen LogP contribution >= 0.6 is 0 Å². The molecule has 1 aromatic rings. The molecule has 2 aliphatic heterocycles. The first-order valence-corrected chi connectivity index (χ1v) is 8.42. The number of amides is 3. The fourth-order valence-electron chi connectivity index (χ4n) is 3.48. The summed E-state index contributed by atoms with van der Waals surface area (Å²) in [6, 6.07) is 7.06. The average Bonchev–Trinajstić information content (AvgIpc) is 2.80. The summed E-state index contributed by atoms with van der Waals surface area (Å²) in [6.07, 6.45) is 0.866. The molecule has 0 bridgehead atoms. The maximum atomic E-state index is 12.4. The van der Waals surface area contributed by atoms with Gasteiger partial charge in [0.05, 0.1) is 11.1 Å². The fourth-order valence-corrected chi connectivity index (χ4v) is 3.48. The second-order valence-corrected chi connectivity index (χ2v) is 6.61. The summed E-state index contributed by atoms with van der Waals surface area (Å²) in [5.74, 6) is -0.403. The van der Waals surface area contributed by atoms with Crippen molar-refractivity contribution >= 4 is 17.7 Å². The molecule has 1 saturated heterocycles. The molecule has 24 heavy (non-hydrogen) atoms. The largest absolute Gasteiger partial charge is 0.337 e. The van der Waals surface area contributed by atoms with E-state index < -0.39 is 0 Å². The van der Waals surface area contributed by atoms with Gasteiger partial charge in [0, 0.05) is 38.6 Å². The molecule has 1 fully saturated rings. The van der Waals surface area contributed by atoms with Gasteiger partial charge in [-0.15, -0.1) is 0 Å². The van der Waals surface area contributed by atoms with Gasteiger partial charge in [0.2, 0.25) is 5.91 Å². The maximum Gasteiger partial charge on any atom is 0.261 e. The molecule has 0 aliphatic carbocycles. The molecule has 0 N–H and O–H groups in total. The number of likely N-dealkylation sites (N-methyl/N-ethyl adjacent to an activating group) is 1. The van der Waals surface area contributed by atoms with E-state index >= 15 is 0 Å². The summed E-state index contributed by atoms with van der Waals surface area (Å²) < 4.78 is 0. The molecule has 3 rings (SSSR count). The van der Waals surface area contributed by atoms with Crippen molar-refractivity contribution in [3.8, 4) is 0 Å². The van der Waals surface area contributed by atoms with Crippen LogP contribution in [0.4, 0.5) is 0 Å². The first kappa shape index (κ1) is 16.6. The monoisotopic (exact) mass is 329 g/mol. The highest BCUT2D eigenvalue weighted by molar-refractivity contribution is 6.21. The molecule has 1 unspecified atom stereocenters. The Labute approximate surface area is 142 Å². The number of piperazine rings is 1. The summed E-state index contributed by atoms with van der Waals surface area (Å²) in [5.41, 5.74) is 0.919. The third-order valence-electron chi connectivity index (χ3n) is 4.80. The highest BCUT2D eigenvalue weighted by Crippen LogP contribution is 2.22. The van der Waals surface area contributed by atoms with Crippen molar-refractivity contribution < 1.29 is 14.4 Å². The number of rotatable bonds is 4. The summed E-state index contributed by atoms with van der Waals surface area (Å²) in [5, 5.41) is 0. The average molecular weight is 329 g/mol. The number of carbonyl (C=O) groups excluding carboxylic acids is 3. The number of imide groups is 1. The second-order valence-electron chi connectivity index (χ2n) is 6.61. The predicted molar refractivity (Wildman–Crippen MR) is 89.7 cm³/mol. The minimum atomic E-state index is -0.254. The van der Waals surface area contributed by atoms with E-state index in [2.05, 4.69) is 18.9 Å². The van der Waals surface area contributed by atoms with Crippen molar-refractivity contribution in [1.29, 1.82) is 0 Å². The molecule has 3 amide bonds. The van der Waals surface area contributed by atoms with Gasteiger partial charge in [0.1, 0.15) is 0 Å². The van der Waals surface area contributed by atoms with Crippen molar-refractivity contribution in [2.24, 2.45) is 0 Å². The summed E-state index contributed by atoms with van der Waals surface area (Å²) in [4.78, 5) is 42.3. The zero-order chi connectivity index (χ0) is 17.3. The van der Waals surface area contributed by atoms with Gasteiger partial charge in [-0.2, -0.15) is 0 Å². The number of carbonyl (C=O) groups is 3. The van der Waals surface area contributed by atoms with Crippen molar-refractivity contribution in [2.45, 2.75) is 25.8 Å². The Balaban J connectivity index is 1.53. The first-order chi connectivity index (χ1) is 11.5. The van der Waals surface area contributed by atoms with Crippen LogP contribution < -0.4 is 0 Å². The molecule has 2 heterocycles. The minimum Gasteiger partial charge on any atom is -0.337 e. The number of nitrogens with zero attached hydrogens (tertiary/aromatic N) is 3. The molecule has 0 spiro atoms. The maximum absolute atomic E-state index is 12.4. The Morgan fingerprint density at radius 3 is 2.33 bits per heavy atom. The lowest BCUT2D eigenvalue weighted by Crippen LogP contribution is -2.52. The third-order valence-corrected chi connectivity index (χ3v) is 4.80. The van der Waals surface area contributed by atoms with Gasteiger partial charge in [0.15, 0.2) is 0 Å². The summed E-state index contributed by atoms with van der Waals surface area (Å²) in [7, 11) is 2.06. The number of hydrogen-bond donors (Lipinski definition) is 0. The van der Waals surface area contributed by atoms with Crippen LogP contribution in [0.25, 0.3) is 0 Å². The van der Waals surface area contributed by atoms with Crippen LogP contribution in [0.2, 0.25) is 0 Å². The van der Waals surface area contributed by atoms with Crippen LogP contribution in [0.15, 0.2) is 24.3 Å². The van der Waals surface area contributed by atoms with E-state index in [1.165, 1.54) is 4.90 Å². The molecule has 0 radical (unpaired) electrons. The zero-order valence-corrected chi connectivity index (χ0v) is 14.2. The van der Waals surface area contributed by atoms with Crippen molar-refractivity contribution in [2.75, 3.05) is 33.2 Å². The van der Waals surface area contributed by atoms with Gasteiger partial charge in [-0.3, -0.25) is 19.3 Å². The van der Waals surface area contributed by atoms with E-state index in [4.69, 9.17) is 0 Å². The van der Waals surface area contributed by atoms with E-state index in [0.717, 1.165) is 19.6 Å². The molecule has 2 aliphatic rings. The topological polar surface area (TPSA) is 60.9 Å². The van der Waals surface area contributed by atoms with Crippen LogP contribution in [-0.2, 0) is 4.79 Å². The Kier molecular flexibility index (Phi) is 4.66. The van der Waals surface area contributed by atoms with Crippen molar-refractivity contribution in [3.63, 3.8) is 0 Å². The highest BCUT2D eigenvalue weighted by Gasteiger charge is 2.34. The summed E-state index contributed by atoms with van der Waals surface area (Å²) in [6.45, 7) is 4.85. The van der Waals surface area contributed by atoms with Gasteiger partial charge in [0.25, 0.3) is 11.8 Å². The standard InChI is InChI=1S/C18H23N3O3/c1-13-12-19(2)10-11-20(13)16(22)8-5-9-21-17(23)14-6-3-4-7-15(14)18(21)24/h3-4,6-7,13H,5,8-12H2,1-2H3. The van der Waals surface area contributed by atoms with Crippen LogP contribution in [0.5, 0.6) is 0 Å². The van der Waals surface area contributed by atoms with Crippen LogP contribution in [0.3, 0.4) is 0 Å². The molecule has 128 valence electrons. The number of fused-ring (bicyclic) bond motifs is 1. The molecule has 1 aromatic carbocycles. The van der Waals surface area contributed by atoms with E-state index in [0.29, 0.717) is 30.5 Å². The Bertz CT molecular complexity index is 638. The molecular weight excluding hydrogens is 306 g/mol. The zero-order valence-electron chi connectivity index (χ0n) is 14.2. The van der Waals surface area contributed by atoms with E-state index in [-0.39, 0.29) is 23.8 Å². The Morgan fingerprint density at radius 2 is 1.75 bits per heavy atom. The highest BCUT2D eigenvalue weighted by atomic mass is 16.2. The SMILES string of the molecule is CC1CN(C)CCN1C(=O)CCCN1C(=O)c2ccccc2C1=O. The minimum absolute atomic E-state index is 0.104. The van der Waals surface area contributed by atoms with Crippen LogP contribution in [0, 0.1) is 0 Å². The second kappa shape index (κ2) is 6.73. The Hall–Kier alpha value is -2.21. The fraction of sp³-hybridized carbons (Fsp3) is 0.500. The summed E-state index contributed by atoms with van der Waals surface area (Å²) >= 11 is 0. The normalized spacial score (nSPS) is 21.3. The van der Waals surface area contributed by atoms with Crippen molar-refractivity contribution in [1.82, 2.24) is 14.7 Å². The number of hydrogen-bond acceptors (Lipinski definition) is 4. The van der Waals surface area contributed by atoms with Gasteiger partial charge in [-0.1, -0.05) is 12.1 Å². The van der Waals surface area contributed by atoms with Gasteiger partial charge < -0.3 is 9.80 Å². The van der Waals surface area contributed by atoms with Crippen molar-refractivity contribution in [3.05, 3.63) is 35.4 Å². The predicted octanol–water partition coefficient (Wildman–Crippen LogP) is 1.23. The van der Waals surface area contributed by atoms with Gasteiger partial charge in [-0.05, 0) is 32.5 Å². The lowest BCUT2D eigenvalue weighted by Gasteiger charge is -2.38. The first-order valence-electron chi connectivity index (χ1n) is 8.42. The lowest BCUT2D eigenvalue weighted by molar-refractivity contribution is -0.135. The molecular formula is C18H23N3O3. The van der Waals surface area contributed by atoms with E-state index in [1.807, 2.05) is 4.90 Å². The molecule has 1 atom stereocenters. The molecule has 0 saturated carbocycles. The molecule has 6 nitrogen and oxygen atoms in total. The van der Waals surface area contributed by atoms with Gasteiger partial charge in [-0.25, -0.2) is 0 Å². The molecule has 6 heteroatoms. The lowest BCUT2D eigenvalue weighted by atomic mass is 10.1. The smallest absolute Gasteiger partial charge is 0.261 e. The van der Waals surface area contributed by atoms with Crippen LogP contribution in [-0.4, -0.2) is 71.7 Å². The van der Waals surface area contributed by atoms with Gasteiger partial charge >= 0.3 is 0 Å². The van der Waals surface area contributed by atoms with E-state index in [1.54, 1.807) is 24.3 Å². The van der Waals surface area contributed by atoms with Crippen LogP contribution in [0.1, 0.15) is 40.5 Å². The quantitative estimate of drug-likeness (QED) is 0.780.